The van der Waals surface area contributed by atoms with Crippen molar-refractivity contribution in [2.45, 2.75) is 25.9 Å². The summed E-state index contributed by atoms with van der Waals surface area (Å²) in [7, 11) is 1.94. The lowest BCUT2D eigenvalue weighted by Crippen LogP contribution is -2.35. The van der Waals surface area contributed by atoms with E-state index in [1.807, 2.05) is 66.2 Å². The monoisotopic (exact) mass is 374 g/mol. The van der Waals surface area contributed by atoms with Crippen molar-refractivity contribution in [2.24, 2.45) is 7.05 Å². The van der Waals surface area contributed by atoms with Crippen molar-refractivity contribution in [3.05, 3.63) is 71.7 Å². The summed E-state index contributed by atoms with van der Waals surface area (Å²) >= 11 is 0. The minimum absolute atomic E-state index is 0.0843. The number of benzene rings is 2. The average Bonchev–Trinajstić information content (AvgIpc) is 3.02. The first-order valence-electron chi connectivity index (χ1n) is 9.27. The Morgan fingerprint density at radius 3 is 2.64 bits per heavy atom. The number of nitrogens with zero attached hydrogens (tertiary/aromatic N) is 3. The molecule has 2 amide bonds. The smallest absolute Gasteiger partial charge is 0.223 e. The minimum atomic E-state index is -0.306. The van der Waals surface area contributed by atoms with Crippen LogP contribution in [0.4, 0.5) is 0 Å². The fourth-order valence-corrected chi connectivity index (χ4v) is 3.69. The summed E-state index contributed by atoms with van der Waals surface area (Å²) in [6, 6.07) is 15.4. The van der Waals surface area contributed by atoms with Crippen molar-refractivity contribution < 1.29 is 9.59 Å². The summed E-state index contributed by atoms with van der Waals surface area (Å²) in [5.41, 5.74) is 3.95. The zero-order valence-corrected chi connectivity index (χ0v) is 15.9. The van der Waals surface area contributed by atoms with Gasteiger partial charge in [0.2, 0.25) is 11.8 Å². The summed E-state index contributed by atoms with van der Waals surface area (Å²) in [5.74, 6) is 0.592. The number of carbonyl (C=O) groups is 2. The maximum Gasteiger partial charge on any atom is 0.223 e. The van der Waals surface area contributed by atoms with Crippen molar-refractivity contribution >= 4 is 28.9 Å². The molecular weight excluding hydrogens is 352 g/mol. The second kappa shape index (κ2) is 7.31. The normalized spacial score (nSPS) is 15.5. The van der Waals surface area contributed by atoms with Crippen molar-refractivity contribution in [2.75, 3.05) is 0 Å². The highest BCUT2D eigenvalue weighted by Crippen LogP contribution is 2.32. The second-order valence-electron chi connectivity index (χ2n) is 6.94. The van der Waals surface area contributed by atoms with Crippen molar-refractivity contribution in [1.29, 1.82) is 0 Å². The maximum absolute atomic E-state index is 12.7. The lowest BCUT2D eigenvalue weighted by Gasteiger charge is -2.32. The molecule has 1 aliphatic heterocycles. The molecule has 1 atom stereocenters. The van der Waals surface area contributed by atoms with Gasteiger partial charge in [0.05, 0.1) is 30.0 Å². The number of rotatable bonds is 4. The number of para-hydroxylation sites is 2. The average molecular weight is 374 g/mol. The zero-order chi connectivity index (χ0) is 19.7. The largest absolute Gasteiger partial charge is 0.349 e. The molecule has 6 heteroatoms. The number of imidazole rings is 1. The first-order valence-corrected chi connectivity index (χ1v) is 9.27. The molecule has 0 saturated carbocycles. The van der Waals surface area contributed by atoms with Gasteiger partial charge in [-0.15, -0.1) is 0 Å². The van der Waals surface area contributed by atoms with Gasteiger partial charge in [-0.1, -0.05) is 36.4 Å². The highest BCUT2D eigenvalue weighted by atomic mass is 16.2. The van der Waals surface area contributed by atoms with Gasteiger partial charge < -0.3 is 14.8 Å². The summed E-state index contributed by atoms with van der Waals surface area (Å²) in [6.07, 6.45) is 3.86. The molecule has 28 heavy (non-hydrogen) atoms. The standard InChI is InChI=1S/C22H22N4O2/c1-15(27)26-12-11-16-7-3-4-8-17(16)20(26)13-22(28)23-14-21-24-18-9-5-6-10-19(18)25(21)2/h3-12,20H,13-14H2,1-2H3,(H,23,28). The quantitative estimate of drug-likeness (QED) is 0.763. The Balaban J connectivity index is 1.49. The fraction of sp³-hybridized carbons (Fsp3) is 0.227. The molecule has 1 N–H and O–H groups in total. The molecule has 1 unspecified atom stereocenters. The van der Waals surface area contributed by atoms with Crippen LogP contribution in [0.3, 0.4) is 0 Å². The third-order valence-electron chi connectivity index (χ3n) is 5.17. The van der Waals surface area contributed by atoms with E-state index in [-0.39, 0.29) is 24.3 Å². The Bertz CT molecular complexity index is 1080. The molecule has 1 aromatic heterocycles. The Labute approximate surface area is 163 Å². The molecule has 2 heterocycles. The predicted octanol–water partition coefficient (Wildman–Crippen LogP) is 3.15. The van der Waals surface area contributed by atoms with Crippen LogP contribution in [0.15, 0.2) is 54.7 Å². The molecule has 0 saturated heterocycles. The molecule has 0 bridgehead atoms. The molecule has 3 aromatic rings. The van der Waals surface area contributed by atoms with Crippen LogP contribution < -0.4 is 5.32 Å². The number of aromatic nitrogens is 2. The van der Waals surface area contributed by atoms with Gasteiger partial charge in [-0.05, 0) is 29.3 Å². The SMILES string of the molecule is CC(=O)N1C=Cc2ccccc2C1CC(=O)NCc1nc2ccccc2n1C. The first kappa shape index (κ1) is 18.0. The van der Waals surface area contributed by atoms with Crippen LogP contribution in [-0.2, 0) is 23.2 Å². The summed E-state index contributed by atoms with van der Waals surface area (Å²) in [4.78, 5) is 30.9. The Hall–Kier alpha value is -3.41. The Morgan fingerprint density at radius 2 is 1.86 bits per heavy atom. The van der Waals surface area contributed by atoms with Crippen LogP contribution in [0.2, 0.25) is 0 Å². The number of nitrogens with one attached hydrogen (secondary N) is 1. The lowest BCUT2D eigenvalue weighted by atomic mass is 9.93. The van der Waals surface area contributed by atoms with Crippen molar-refractivity contribution in [3.8, 4) is 0 Å². The Kier molecular flexibility index (Phi) is 4.69. The topological polar surface area (TPSA) is 67.2 Å². The number of fused-ring (bicyclic) bond motifs is 2. The van der Waals surface area contributed by atoms with E-state index < -0.39 is 0 Å². The van der Waals surface area contributed by atoms with Crippen LogP contribution in [0.5, 0.6) is 0 Å². The summed E-state index contributed by atoms with van der Waals surface area (Å²) in [6.45, 7) is 1.86. The van der Waals surface area contributed by atoms with E-state index in [0.29, 0.717) is 6.54 Å². The number of amides is 2. The molecule has 0 fully saturated rings. The van der Waals surface area contributed by atoms with Crippen LogP contribution in [0.25, 0.3) is 17.1 Å². The molecule has 0 aliphatic carbocycles. The molecule has 6 nitrogen and oxygen atoms in total. The van der Waals surface area contributed by atoms with E-state index in [9.17, 15) is 9.59 Å². The molecule has 4 rings (SSSR count). The third-order valence-corrected chi connectivity index (χ3v) is 5.17. The van der Waals surface area contributed by atoms with E-state index in [2.05, 4.69) is 10.3 Å². The highest BCUT2D eigenvalue weighted by Gasteiger charge is 2.28. The van der Waals surface area contributed by atoms with Gasteiger partial charge in [-0.2, -0.15) is 0 Å². The van der Waals surface area contributed by atoms with Gasteiger partial charge in [-0.3, -0.25) is 9.59 Å². The fourth-order valence-electron chi connectivity index (χ4n) is 3.69. The van der Waals surface area contributed by atoms with E-state index in [1.54, 1.807) is 11.1 Å². The second-order valence-corrected chi connectivity index (χ2v) is 6.94. The van der Waals surface area contributed by atoms with Gasteiger partial charge in [0, 0.05) is 20.2 Å². The van der Waals surface area contributed by atoms with Gasteiger partial charge in [-0.25, -0.2) is 4.98 Å². The van der Waals surface area contributed by atoms with Crippen LogP contribution in [0, 0.1) is 0 Å². The van der Waals surface area contributed by atoms with E-state index in [1.165, 1.54) is 6.92 Å². The van der Waals surface area contributed by atoms with Gasteiger partial charge in [0.15, 0.2) is 0 Å². The van der Waals surface area contributed by atoms with Crippen molar-refractivity contribution in [1.82, 2.24) is 19.8 Å². The number of aryl methyl sites for hydroxylation is 1. The van der Waals surface area contributed by atoms with Crippen LogP contribution in [0.1, 0.15) is 36.3 Å². The maximum atomic E-state index is 12.7. The van der Waals surface area contributed by atoms with Gasteiger partial charge in [0.1, 0.15) is 5.82 Å². The molecule has 0 radical (unpaired) electrons. The van der Waals surface area contributed by atoms with E-state index >= 15 is 0 Å². The molecular formula is C22H22N4O2. The lowest BCUT2D eigenvalue weighted by molar-refractivity contribution is -0.130. The van der Waals surface area contributed by atoms with E-state index in [0.717, 1.165) is 28.0 Å². The van der Waals surface area contributed by atoms with E-state index in [4.69, 9.17) is 0 Å². The Morgan fingerprint density at radius 1 is 1.11 bits per heavy atom. The van der Waals surface area contributed by atoms with Gasteiger partial charge in [0.25, 0.3) is 0 Å². The van der Waals surface area contributed by atoms with Crippen LogP contribution >= 0.6 is 0 Å². The molecule has 142 valence electrons. The van der Waals surface area contributed by atoms with Crippen LogP contribution in [-0.4, -0.2) is 26.3 Å². The minimum Gasteiger partial charge on any atom is -0.349 e. The zero-order valence-electron chi connectivity index (χ0n) is 15.9. The number of hydrogen-bond acceptors (Lipinski definition) is 3. The third kappa shape index (κ3) is 3.29. The summed E-state index contributed by atoms with van der Waals surface area (Å²) < 4.78 is 1.98. The van der Waals surface area contributed by atoms with Gasteiger partial charge >= 0.3 is 0 Å². The predicted molar refractivity (Wildman–Crippen MR) is 108 cm³/mol. The number of carbonyl (C=O) groups excluding carboxylic acids is 2. The molecule has 2 aromatic carbocycles. The molecule has 0 spiro atoms. The van der Waals surface area contributed by atoms with Crippen molar-refractivity contribution in [3.63, 3.8) is 0 Å². The molecule has 1 aliphatic rings. The number of hydrogen-bond donors (Lipinski definition) is 1. The first-order chi connectivity index (χ1) is 13.5. The highest BCUT2D eigenvalue weighted by molar-refractivity contribution is 5.82. The summed E-state index contributed by atoms with van der Waals surface area (Å²) in [5, 5.41) is 2.95.